The Kier molecular flexibility index (Phi) is 6.72. The summed E-state index contributed by atoms with van der Waals surface area (Å²) >= 11 is 3.39. The van der Waals surface area contributed by atoms with Crippen LogP contribution in [0, 0.1) is 19.3 Å². The average Bonchev–Trinajstić information content (AvgIpc) is 3.32. The van der Waals surface area contributed by atoms with Crippen molar-refractivity contribution in [3.63, 3.8) is 0 Å². The molecule has 2 aliphatic rings. The Morgan fingerprint density at radius 3 is 2.56 bits per heavy atom. The molecule has 4 aromatic rings. The third-order valence-electron chi connectivity index (χ3n) is 8.33. The summed E-state index contributed by atoms with van der Waals surface area (Å²) in [6.45, 7) is 5.76. The van der Waals surface area contributed by atoms with Gasteiger partial charge in [-0.15, -0.1) is 0 Å². The van der Waals surface area contributed by atoms with Crippen LogP contribution in [0.15, 0.2) is 47.3 Å². The lowest BCUT2D eigenvalue weighted by Gasteiger charge is -2.27. The largest absolute Gasteiger partial charge is 0.464 e. The Morgan fingerprint density at radius 2 is 1.83 bits per heavy atom. The van der Waals surface area contributed by atoms with Gasteiger partial charge in [0, 0.05) is 29.4 Å². The molecule has 0 radical (unpaired) electrons. The summed E-state index contributed by atoms with van der Waals surface area (Å²) in [5.41, 5.74) is 3.91. The van der Waals surface area contributed by atoms with Gasteiger partial charge in [-0.1, -0.05) is 19.1 Å². The molecule has 1 saturated carbocycles. The Bertz CT molecular complexity index is 1720. The fourth-order valence-corrected chi connectivity index (χ4v) is 6.24. The molecule has 1 aliphatic heterocycles. The number of aromatic nitrogens is 5. The third kappa shape index (κ3) is 4.92. The van der Waals surface area contributed by atoms with Crippen molar-refractivity contribution in [2.24, 2.45) is 5.41 Å². The van der Waals surface area contributed by atoms with E-state index in [0.29, 0.717) is 33.4 Å². The average molecular weight is 618 g/mol. The second-order valence-electron chi connectivity index (χ2n) is 11.2. The highest BCUT2D eigenvalue weighted by Gasteiger charge is 2.64. The molecule has 1 aromatic carbocycles. The summed E-state index contributed by atoms with van der Waals surface area (Å²) in [5.74, 6) is -0.166. The number of benzene rings is 1. The number of nitrogens with zero attached hydrogens (tertiary/aromatic N) is 6. The van der Waals surface area contributed by atoms with Crippen LogP contribution in [0.3, 0.4) is 0 Å². The fraction of sp³-hybridized carbons (Fsp3) is 0.367. The van der Waals surface area contributed by atoms with Gasteiger partial charge in [-0.25, -0.2) is 19.7 Å². The molecule has 1 aliphatic carbocycles. The molecule has 4 heterocycles. The van der Waals surface area contributed by atoms with Gasteiger partial charge in [0.25, 0.3) is 0 Å². The second-order valence-corrected chi connectivity index (χ2v) is 12.0. The van der Waals surface area contributed by atoms with E-state index in [1.54, 1.807) is 17.3 Å². The van der Waals surface area contributed by atoms with Crippen LogP contribution in [0.25, 0.3) is 22.0 Å². The molecule has 2 fully saturated rings. The van der Waals surface area contributed by atoms with Crippen LogP contribution in [0.5, 0.6) is 0 Å². The maximum absolute atomic E-state index is 13.9. The van der Waals surface area contributed by atoms with Gasteiger partial charge in [0.15, 0.2) is 11.5 Å². The monoisotopic (exact) mass is 616 g/mol. The van der Waals surface area contributed by atoms with Crippen molar-refractivity contribution in [1.29, 1.82) is 0 Å². The number of hydrogen-bond acceptors (Lipinski definition) is 8. The van der Waals surface area contributed by atoms with Gasteiger partial charge in [-0.3, -0.25) is 14.3 Å². The Morgan fingerprint density at radius 1 is 1.07 bits per heavy atom. The van der Waals surface area contributed by atoms with Gasteiger partial charge in [-0.2, -0.15) is 5.10 Å². The lowest BCUT2D eigenvalue weighted by molar-refractivity contribution is -0.139. The number of hydrogen-bond donors (Lipinski definition) is 0. The van der Waals surface area contributed by atoms with Crippen molar-refractivity contribution in [2.75, 3.05) is 7.11 Å². The van der Waals surface area contributed by atoms with Gasteiger partial charge < -0.3 is 9.64 Å². The molecule has 1 amide bonds. The molecule has 1 saturated heterocycles. The summed E-state index contributed by atoms with van der Waals surface area (Å²) in [4.78, 5) is 54.8. The van der Waals surface area contributed by atoms with Gasteiger partial charge >= 0.3 is 5.97 Å². The predicted molar refractivity (Wildman–Crippen MR) is 154 cm³/mol. The van der Waals surface area contributed by atoms with E-state index < -0.39 is 12.0 Å². The molecule has 210 valence electrons. The number of ketones is 1. The van der Waals surface area contributed by atoms with Crippen LogP contribution < -0.4 is 0 Å². The zero-order valence-corrected chi connectivity index (χ0v) is 24.8. The number of carbonyl (C=O) groups excluding carboxylic acids is 3. The molecule has 0 N–H and O–H groups in total. The minimum atomic E-state index is -0.598. The van der Waals surface area contributed by atoms with E-state index in [4.69, 9.17) is 4.74 Å². The number of pyridine rings is 1. The van der Waals surface area contributed by atoms with Gasteiger partial charge in [0.1, 0.15) is 17.0 Å². The van der Waals surface area contributed by atoms with E-state index in [9.17, 15) is 14.4 Å². The molecule has 0 unspecified atom stereocenters. The van der Waals surface area contributed by atoms with Crippen molar-refractivity contribution in [2.45, 2.75) is 58.7 Å². The second kappa shape index (κ2) is 10.1. The Labute approximate surface area is 245 Å². The number of halogens is 1. The number of fused-ring (bicyclic) bond motifs is 2. The van der Waals surface area contributed by atoms with Crippen LogP contribution >= 0.6 is 15.9 Å². The Hall–Kier alpha value is -3.99. The van der Waals surface area contributed by atoms with Crippen LogP contribution in [0.2, 0.25) is 0 Å². The quantitative estimate of drug-likeness (QED) is 0.223. The van der Waals surface area contributed by atoms with Gasteiger partial charge in [0.05, 0.1) is 30.8 Å². The zero-order valence-electron chi connectivity index (χ0n) is 23.2. The number of aryl methyl sites for hydroxylation is 2. The van der Waals surface area contributed by atoms with Crippen LogP contribution in [-0.4, -0.2) is 66.5 Å². The molecule has 0 spiro atoms. The first-order valence-corrected chi connectivity index (χ1v) is 14.2. The molecule has 3 atom stereocenters. The van der Waals surface area contributed by atoms with Crippen molar-refractivity contribution in [3.05, 3.63) is 70.1 Å². The SMILES string of the molecule is COC(=O)c1nn(CC(=O)N2[C@H](C(=O)Cc3nc(Br)ccc3C)C[C@@]3(C)C[C@@H]23)c2ccc(-c3cnc(C)nc3)cc12. The number of ether oxygens (including phenoxy) is 1. The van der Waals surface area contributed by atoms with Crippen LogP contribution in [0.4, 0.5) is 0 Å². The number of piperidine rings is 1. The van der Waals surface area contributed by atoms with E-state index in [0.717, 1.165) is 23.1 Å². The number of esters is 1. The van der Waals surface area contributed by atoms with Gasteiger partial charge in [0.2, 0.25) is 5.91 Å². The van der Waals surface area contributed by atoms with Crippen molar-refractivity contribution in [1.82, 2.24) is 29.6 Å². The fourth-order valence-electron chi connectivity index (χ4n) is 5.89. The first-order valence-electron chi connectivity index (χ1n) is 13.4. The predicted octanol–water partition coefficient (Wildman–Crippen LogP) is 4.25. The summed E-state index contributed by atoms with van der Waals surface area (Å²) in [6, 6.07) is 8.79. The highest BCUT2D eigenvalue weighted by atomic mass is 79.9. The van der Waals surface area contributed by atoms with E-state index >= 15 is 0 Å². The summed E-state index contributed by atoms with van der Waals surface area (Å²) in [5, 5.41) is 5.06. The van der Waals surface area contributed by atoms with Crippen molar-refractivity contribution in [3.8, 4) is 11.1 Å². The minimum Gasteiger partial charge on any atom is -0.464 e. The van der Waals surface area contributed by atoms with Crippen molar-refractivity contribution < 1.29 is 19.1 Å². The highest BCUT2D eigenvalue weighted by Crippen LogP contribution is 2.59. The normalized spacial score (nSPS) is 21.1. The summed E-state index contributed by atoms with van der Waals surface area (Å²) < 4.78 is 7.19. The zero-order chi connectivity index (χ0) is 29.1. The van der Waals surface area contributed by atoms with E-state index in [-0.39, 0.29) is 41.8 Å². The first kappa shape index (κ1) is 27.2. The molecule has 6 rings (SSSR count). The topological polar surface area (TPSA) is 120 Å². The summed E-state index contributed by atoms with van der Waals surface area (Å²) in [6.07, 6.45) is 5.09. The lowest BCUT2D eigenvalue weighted by atomic mass is 9.96. The minimum absolute atomic E-state index is 0.00978. The Balaban J connectivity index is 1.30. The summed E-state index contributed by atoms with van der Waals surface area (Å²) in [7, 11) is 1.30. The number of amides is 1. The van der Waals surface area contributed by atoms with E-state index in [1.807, 2.05) is 44.2 Å². The van der Waals surface area contributed by atoms with E-state index in [1.165, 1.54) is 11.8 Å². The number of methoxy groups -OCH3 is 1. The lowest BCUT2D eigenvalue weighted by Crippen LogP contribution is -2.45. The molecular weight excluding hydrogens is 588 g/mol. The maximum atomic E-state index is 13.9. The number of likely N-dealkylation sites (tertiary alicyclic amines) is 1. The maximum Gasteiger partial charge on any atom is 0.359 e. The molecule has 0 bridgehead atoms. The molecule has 41 heavy (non-hydrogen) atoms. The number of carbonyl (C=O) groups is 3. The number of rotatable bonds is 7. The highest BCUT2D eigenvalue weighted by molar-refractivity contribution is 9.10. The molecular formula is C30H29BrN6O4. The third-order valence-corrected chi connectivity index (χ3v) is 8.77. The van der Waals surface area contributed by atoms with Crippen LogP contribution in [0.1, 0.15) is 47.3 Å². The molecule has 11 heteroatoms. The standard InChI is InChI=1S/C30H29BrN6O4/c1-16-5-8-26(31)34-21(16)10-24(38)23-11-30(3)12-25(30)37(23)27(39)15-36-22-7-6-18(19-13-32-17(2)33-14-19)9-20(22)28(35-36)29(40)41-4/h5-9,13-14,23,25H,10-12,15H2,1-4H3/t23-,25+,30-/m0/s1. The van der Waals surface area contributed by atoms with Crippen LogP contribution in [-0.2, 0) is 27.3 Å². The van der Waals surface area contributed by atoms with Gasteiger partial charge in [-0.05, 0) is 77.4 Å². The van der Waals surface area contributed by atoms with Crippen molar-refractivity contribution >= 4 is 44.5 Å². The molecule has 10 nitrogen and oxygen atoms in total. The van der Waals surface area contributed by atoms with E-state index in [2.05, 4.69) is 42.9 Å². The smallest absolute Gasteiger partial charge is 0.359 e. The number of Topliss-reactive ketones (excluding diaryl/α,β-unsaturated/α-hetero) is 1. The molecule has 3 aromatic heterocycles. The first-order chi connectivity index (χ1) is 19.6.